The maximum absolute atomic E-state index is 12.6. The van der Waals surface area contributed by atoms with Crippen molar-refractivity contribution in [3.8, 4) is 5.75 Å². The molecule has 0 radical (unpaired) electrons. The Morgan fingerprint density at radius 2 is 2.14 bits per heavy atom. The van der Waals surface area contributed by atoms with E-state index in [1.807, 2.05) is 6.92 Å². The number of ether oxygens (including phenoxy) is 1. The SMILES string of the molecule is COc1cc(Br)c(S(=O)(=O)NC2CNCCC2C)cc1Cl.Cl. The van der Waals surface area contributed by atoms with Gasteiger partial charge in [-0.3, -0.25) is 0 Å². The summed E-state index contributed by atoms with van der Waals surface area (Å²) >= 11 is 9.29. The van der Waals surface area contributed by atoms with Gasteiger partial charge in [0.15, 0.2) is 0 Å². The van der Waals surface area contributed by atoms with Gasteiger partial charge in [-0.25, -0.2) is 13.1 Å². The van der Waals surface area contributed by atoms with E-state index in [2.05, 4.69) is 26.0 Å². The highest BCUT2D eigenvalue weighted by Crippen LogP contribution is 2.33. The summed E-state index contributed by atoms with van der Waals surface area (Å²) in [6.45, 7) is 3.59. The summed E-state index contributed by atoms with van der Waals surface area (Å²) < 4.78 is 33.3. The minimum Gasteiger partial charge on any atom is -0.495 e. The van der Waals surface area contributed by atoms with Gasteiger partial charge in [0.05, 0.1) is 17.0 Å². The van der Waals surface area contributed by atoms with Gasteiger partial charge in [0.2, 0.25) is 10.0 Å². The van der Waals surface area contributed by atoms with Gasteiger partial charge in [0.25, 0.3) is 0 Å². The van der Waals surface area contributed by atoms with Crippen LogP contribution in [0.5, 0.6) is 5.75 Å². The van der Waals surface area contributed by atoms with E-state index in [0.717, 1.165) is 13.0 Å². The van der Waals surface area contributed by atoms with Crippen LogP contribution in [0.1, 0.15) is 13.3 Å². The molecule has 0 spiro atoms. The first-order chi connectivity index (χ1) is 9.85. The molecule has 5 nitrogen and oxygen atoms in total. The largest absolute Gasteiger partial charge is 0.495 e. The van der Waals surface area contributed by atoms with Crippen LogP contribution in [-0.4, -0.2) is 34.7 Å². The topological polar surface area (TPSA) is 67.4 Å². The van der Waals surface area contributed by atoms with E-state index in [1.54, 1.807) is 6.07 Å². The molecule has 1 saturated heterocycles. The van der Waals surface area contributed by atoms with E-state index >= 15 is 0 Å². The van der Waals surface area contributed by atoms with Crippen molar-refractivity contribution >= 4 is 50.0 Å². The Bertz CT molecular complexity index is 628. The standard InChI is InChI=1S/C13H18BrClN2O3S.ClH/c1-8-3-4-16-7-11(8)17-21(18,19)13-6-10(15)12(20-2)5-9(13)14;/h5-6,8,11,16-17H,3-4,7H2,1-2H3;1H. The third-order valence-corrected chi connectivity index (χ3v) is 6.37. The highest BCUT2D eigenvalue weighted by Gasteiger charge is 2.28. The molecule has 1 aromatic rings. The van der Waals surface area contributed by atoms with Crippen molar-refractivity contribution in [3.05, 3.63) is 21.6 Å². The van der Waals surface area contributed by atoms with Crippen LogP contribution >= 0.6 is 39.9 Å². The van der Waals surface area contributed by atoms with Gasteiger partial charge < -0.3 is 10.1 Å². The lowest BCUT2D eigenvalue weighted by atomic mass is 9.96. The number of hydrogen-bond donors (Lipinski definition) is 2. The number of methoxy groups -OCH3 is 1. The predicted octanol–water partition coefficient (Wildman–Crippen LogP) is 2.81. The number of sulfonamides is 1. The summed E-state index contributed by atoms with van der Waals surface area (Å²) in [6.07, 6.45) is 0.942. The van der Waals surface area contributed by atoms with Crippen molar-refractivity contribution in [1.82, 2.24) is 10.0 Å². The predicted molar refractivity (Wildman–Crippen MR) is 93.7 cm³/mol. The molecule has 0 aliphatic carbocycles. The Morgan fingerprint density at radius 3 is 2.73 bits per heavy atom. The summed E-state index contributed by atoms with van der Waals surface area (Å²) in [7, 11) is -2.17. The first kappa shape index (κ1) is 20.0. The summed E-state index contributed by atoms with van der Waals surface area (Å²) in [5, 5.41) is 3.46. The maximum Gasteiger partial charge on any atom is 0.242 e. The van der Waals surface area contributed by atoms with Crippen LogP contribution in [-0.2, 0) is 10.0 Å². The van der Waals surface area contributed by atoms with Crippen molar-refractivity contribution in [3.63, 3.8) is 0 Å². The Morgan fingerprint density at radius 1 is 1.45 bits per heavy atom. The minimum atomic E-state index is -3.65. The molecule has 1 aromatic carbocycles. The zero-order valence-electron chi connectivity index (χ0n) is 12.2. The molecule has 1 fully saturated rings. The summed E-state index contributed by atoms with van der Waals surface area (Å²) in [5.41, 5.74) is 0. The molecule has 2 atom stereocenters. The number of benzene rings is 1. The number of nitrogens with one attached hydrogen (secondary N) is 2. The van der Waals surface area contributed by atoms with Gasteiger partial charge in [-0.2, -0.15) is 0 Å². The molecule has 1 heterocycles. The Hall–Kier alpha value is -0.0500. The molecule has 0 bridgehead atoms. The van der Waals surface area contributed by atoms with Crippen molar-refractivity contribution in [2.45, 2.75) is 24.3 Å². The fourth-order valence-electron chi connectivity index (χ4n) is 2.28. The normalized spacial score (nSPS) is 22.0. The molecule has 126 valence electrons. The van der Waals surface area contributed by atoms with E-state index in [4.69, 9.17) is 16.3 Å². The Balaban J connectivity index is 0.00000242. The van der Waals surface area contributed by atoms with E-state index in [9.17, 15) is 8.42 Å². The van der Waals surface area contributed by atoms with Crippen LogP contribution in [0.2, 0.25) is 5.02 Å². The molecular formula is C13H19BrCl2N2O3S. The minimum absolute atomic E-state index is 0. The monoisotopic (exact) mass is 432 g/mol. The zero-order valence-corrected chi connectivity index (χ0v) is 16.2. The number of hydrogen-bond acceptors (Lipinski definition) is 4. The molecular weight excluding hydrogens is 415 g/mol. The fraction of sp³-hybridized carbons (Fsp3) is 0.538. The maximum atomic E-state index is 12.6. The van der Waals surface area contributed by atoms with E-state index in [-0.39, 0.29) is 34.3 Å². The lowest BCUT2D eigenvalue weighted by molar-refractivity contribution is 0.327. The van der Waals surface area contributed by atoms with Crippen LogP contribution in [0, 0.1) is 5.92 Å². The zero-order chi connectivity index (χ0) is 15.6. The first-order valence-electron chi connectivity index (χ1n) is 6.61. The third kappa shape index (κ3) is 4.49. The number of rotatable bonds is 4. The molecule has 1 aliphatic rings. The number of halogens is 3. The van der Waals surface area contributed by atoms with Crippen LogP contribution < -0.4 is 14.8 Å². The molecule has 0 saturated carbocycles. The van der Waals surface area contributed by atoms with Crippen LogP contribution in [0.3, 0.4) is 0 Å². The summed E-state index contributed by atoms with van der Waals surface area (Å²) in [6, 6.07) is 2.82. The second kappa shape index (κ2) is 8.17. The molecule has 2 unspecified atom stereocenters. The Kier molecular flexibility index (Phi) is 7.42. The summed E-state index contributed by atoms with van der Waals surface area (Å²) in [4.78, 5) is 0.117. The van der Waals surface area contributed by atoms with E-state index in [0.29, 0.717) is 16.8 Å². The van der Waals surface area contributed by atoms with Crippen molar-refractivity contribution < 1.29 is 13.2 Å². The van der Waals surface area contributed by atoms with Crippen molar-refractivity contribution in [1.29, 1.82) is 0 Å². The average Bonchev–Trinajstić information content (AvgIpc) is 2.43. The fourth-order valence-corrected chi connectivity index (χ4v) is 4.98. The van der Waals surface area contributed by atoms with Gasteiger partial charge in [-0.1, -0.05) is 18.5 Å². The Labute approximate surface area is 150 Å². The van der Waals surface area contributed by atoms with Crippen molar-refractivity contribution in [2.75, 3.05) is 20.2 Å². The van der Waals surface area contributed by atoms with E-state index < -0.39 is 10.0 Å². The number of piperidine rings is 1. The molecule has 0 aromatic heterocycles. The quantitative estimate of drug-likeness (QED) is 0.765. The van der Waals surface area contributed by atoms with Gasteiger partial charge >= 0.3 is 0 Å². The highest BCUT2D eigenvalue weighted by atomic mass is 79.9. The van der Waals surface area contributed by atoms with Crippen molar-refractivity contribution in [2.24, 2.45) is 5.92 Å². The molecule has 1 aliphatic heterocycles. The second-order valence-electron chi connectivity index (χ2n) is 5.12. The third-order valence-electron chi connectivity index (χ3n) is 3.63. The van der Waals surface area contributed by atoms with Gasteiger partial charge in [-0.05, 0) is 46.9 Å². The highest BCUT2D eigenvalue weighted by molar-refractivity contribution is 9.10. The smallest absolute Gasteiger partial charge is 0.242 e. The molecule has 9 heteroatoms. The molecule has 2 N–H and O–H groups in total. The average molecular weight is 434 g/mol. The van der Waals surface area contributed by atoms with Gasteiger partial charge in [0.1, 0.15) is 5.75 Å². The first-order valence-corrected chi connectivity index (χ1v) is 9.26. The van der Waals surface area contributed by atoms with Crippen LogP contribution in [0.4, 0.5) is 0 Å². The second-order valence-corrected chi connectivity index (χ2v) is 8.06. The van der Waals surface area contributed by atoms with E-state index in [1.165, 1.54) is 13.2 Å². The van der Waals surface area contributed by atoms with Gasteiger partial charge in [-0.15, -0.1) is 12.4 Å². The van der Waals surface area contributed by atoms with Crippen LogP contribution in [0.15, 0.2) is 21.5 Å². The lowest BCUT2D eigenvalue weighted by Crippen LogP contribution is -2.50. The van der Waals surface area contributed by atoms with Crippen LogP contribution in [0.25, 0.3) is 0 Å². The lowest BCUT2D eigenvalue weighted by Gasteiger charge is -2.30. The molecule has 2 rings (SSSR count). The molecule has 22 heavy (non-hydrogen) atoms. The van der Waals surface area contributed by atoms with Gasteiger partial charge in [0, 0.05) is 17.1 Å². The summed E-state index contributed by atoms with van der Waals surface area (Å²) in [5.74, 6) is 0.712. The molecule has 0 amide bonds.